The van der Waals surface area contributed by atoms with Crippen LogP contribution in [0.5, 0.6) is 0 Å². The van der Waals surface area contributed by atoms with Crippen LogP contribution in [0.2, 0.25) is 0 Å². The highest BCUT2D eigenvalue weighted by molar-refractivity contribution is 5.72. The van der Waals surface area contributed by atoms with Gasteiger partial charge in [-0.25, -0.2) is 0 Å². The van der Waals surface area contributed by atoms with Crippen molar-refractivity contribution in [1.29, 1.82) is 0 Å². The fourth-order valence-corrected chi connectivity index (χ4v) is 2.32. The number of aromatic nitrogens is 1. The van der Waals surface area contributed by atoms with Crippen molar-refractivity contribution in [2.45, 2.75) is 52.6 Å². The summed E-state index contributed by atoms with van der Waals surface area (Å²) in [6.45, 7) is 11.1. The molecule has 2 rings (SSSR count). The average molecular weight is 327 g/mol. The van der Waals surface area contributed by atoms with Crippen molar-refractivity contribution in [2.75, 3.05) is 5.06 Å². The Morgan fingerprint density at radius 3 is 2.04 bits per heavy atom. The van der Waals surface area contributed by atoms with Crippen LogP contribution in [0.1, 0.15) is 41.5 Å². The molecule has 5 nitrogen and oxygen atoms in total. The van der Waals surface area contributed by atoms with Crippen LogP contribution in [0, 0.1) is 10.1 Å². The van der Waals surface area contributed by atoms with Crippen LogP contribution < -0.4 is 5.06 Å². The van der Waals surface area contributed by atoms with E-state index in [-0.39, 0.29) is 0 Å². The lowest BCUT2D eigenvalue weighted by Gasteiger charge is -2.43. The SMILES string of the molecule is CC(C)(C)N([O-])c1cc(-c2ccncc2)cc([N+](=O)C(C)(C)C)c1. The zero-order valence-electron chi connectivity index (χ0n) is 15.2. The van der Waals surface area contributed by atoms with Crippen LogP contribution in [-0.4, -0.2) is 20.8 Å². The zero-order chi connectivity index (χ0) is 18.1. The van der Waals surface area contributed by atoms with Crippen LogP contribution in [0.4, 0.5) is 11.4 Å². The number of pyridine rings is 1. The summed E-state index contributed by atoms with van der Waals surface area (Å²) in [5.74, 6) is 0. The minimum Gasteiger partial charge on any atom is -0.758 e. The highest BCUT2D eigenvalue weighted by Gasteiger charge is 2.32. The lowest BCUT2D eigenvalue weighted by Crippen LogP contribution is -2.36. The Labute approximate surface area is 143 Å². The molecule has 1 aromatic heterocycles. The summed E-state index contributed by atoms with van der Waals surface area (Å²) in [7, 11) is 0. The normalized spacial score (nSPS) is 12.1. The van der Waals surface area contributed by atoms with E-state index in [1.165, 1.54) is 0 Å². The Hall–Kier alpha value is -2.27. The monoisotopic (exact) mass is 327 g/mol. The second-order valence-electron chi connectivity index (χ2n) is 7.90. The first-order valence-electron chi connectivity index (χ1n) is 8.00. The third-order valence-electron chi connectivity index (χ3n) is 3.60. The predicted octanol–water partition coefficient (Wildman–Crippen LogP) is 5.06. The molecule has 0 aliphatic heterocycles. The minimum absolute atomic E-state index is 0.469. The molecule has 0 amide bonds. The number of nitroso groups, excluding NO2 is 1. The van der Waals surface area contributed by atoms with E-state index in [0.29, 0.717) is 11.4 Å². The van der Waals surface area contributed by atoms with Gasteiger partial charge in [0.2, 0.25) is 5.54 Å². The van der Waals surface area contributed by atoms with Gasteiger partial charge in [0.05, 0.1) is 0 Å². The Kier molecular flexibility index (Phi) is 4.76. The number of hydroxylamine groups is 1. The fourth-order valence-electron chi connectivity index (χ4n) is 2.32. The van der Waals surface area contributed by atoms with Gasteiger partial charge in [-0.2, -0.15) is 0 Å². The molecule has 0 atom stereocenters. The van der Waals surface area contributed by atoms with E-state index in [9.17, 15) is 10.1 Å². The molecule has 0 saturated carbocycles. The number of hydrogen-bond acceptors (Lipinski definition) is 4. The average Bonchev–Trinajstić information content (AvgIpc) is 2.52. The van der Waals surface area contributed by atoms with Crippen molar-refractivity contribution in [2.24, 2.45) is 0 Å². The second-order valence-corrected chi connectivity index (χ2v) is 7.90. The van der Waals surface area contributed by atoms with Crippen LogP contribution in [0.3, 0.4) is 0 Å². The van der Waals surface area contributed by atoms with Crippen molar-refractivity contribution in [3.05, 3.63) is 52.8 Å². The van der Waals surface area contributed by atoms with Crippen LogP contribution in [-0.2, 0) is 0 Å². The highest BCUT2D eigenvalue weighted by Crippen LogP contribution is 2.34. The summed E-state index contributed by atoms with van der Waals surface area (Å²) >= 11 is 0. The first kappa shape index (κ1) is 18.1. The summed E-state index contributed by atoms with van der Waals surface area (Å²) in [5.41, 5.74) is 1.49. The quantitative estimate of drug-likeness (QED) is 0.584. The fraction of sp³-hybridized carbons (Fsp3) is 0.421. The van der Waals surface area contributed by atoms with Crippen LogP contribution in [0.15, 0.2) is 42.7 Å². The van der Waals surface area contributed by atoms with Crippen molar-refractivity contribution >= 4 is 11.4 Å². The predicted molar refractivity (Wildman–Crippen MR) is 98.3 cm³/mol. The summed E-state index contributed by atoms with van der Waals surface area (Å²) in [6, 6.07) is 9.01. The third-order valence-corrected chi connectivity index (χ3v) is 3.60. The molecular weight excluding hydrogens is 302 g/mol. The molecule has 0 spiro atoms. The van der Waals surface area contributed by atoms with Gasteiger partial charge >= 0.3 is 0 Å². The smallest absolute Gasteiger partial charge is 0.259 e. The van der Waals surface area contributed by atoms with Gasteiger partial charge < -0.3 is 10.3 Å². The molecule has 1 heterocycles. The van der Waals surface area contributed by atoms with Gasteiger partial charge in [0.25, 0.3) is 5.69 Å². The molecule has 0 unspecified atom stereocenters. The summed E-state index contributed by atoms with van der Waals surface area (Å²) in [4.78, 5) is 16.7. The molecule has 0 bridgehead atoms. The lowest BCUT2D eigenvalue weighted by molar-refractivity contribution is -0.540. The molecule has 5 heteroatoms. The largest absolute Gasteiger partial charge is 0.758 e. The number of rotatable bonds is 3. The molecule has 0 aliphatic carbocycles. The van der Waals surface area contributed by atoms with Gasteiger partial charge in [-0.15, -0.1) is 0 Å². The van der Waals surface area contributed by atoms with E-state index in [1.807, 2.05) is 65.8 Å². The van der Waals surface area contributed by atoms with E-state index in [0.717, 1.165) is 21.0 Å². The molecule has 0 fully saturated rings. The summed E-state index contributed by atoms with van der Waals surface area (Å²) in [6.07, 6.45) is 3.39. The third kappa shape index (κ3) is 3.97. The second kappa shape index (κ2) is 6.32. The Morgan fingerprint density at radius 2 is 1.54 bits per heavy atom. The van der Waals surface area contributed by atoms with E-state index < -0.39 is 11.1 Å². The maximum absolute atomic E-state index is 12.7. The van der Waals surface area contributed by atoms with E-state index in [4.69, 9.17) is 0 Å². The highest BCUT2D eigenvalue weighted by atomic mass is 16.5. The summed E-state index contributed by atoms with van der Waals surface area (Å²) in [5, 5.41) is 13.6. The Morgan fingerprint density at radius 1 is 0.958 bits per heavy atom. The number of anilines is 1. The minimum atomic E-state index is -0.594. The van der Waals surface area contributed by atoms with Crippen molar-refractivity contribution < 1.29 is 4.76 Å². The van der Waals surface area contributed by atoms with E-state index in [1.54, 1.807) is 18.5 Å². The maximum Gasteiger partial charge on any atom is 0.259 e. The Bertz CT molecular complexity index is 729. The molecule has 24 heavy (non-hydrogen) atoms. The van der Waals surface area contributed by atoms with Crippen LogP contribution >= 0.6 is 0 Å². The van der Waals surface area contributed by atoms with Crippen LogP contribution in [0.25, 0.3) is 11.1 Å². The first-order chi connectivity index (χ1) is 11.0. The van der Waals surface area contributed by atoms with Gasteiger partial charge in [0.15, 0.2) is 0 Å². The summed E-state index contributed by atoms with van der Waals surface area (Å²) < 4.78 is 0.942. The van der Waals surface area contributed by atoms with Crippen molar-refractivity contribution in [3.63, 3.8) is 0 Å². The molecule has 0 radical (unpaired) electrons. The first-order valence-corrected chi connectivity index (χ1v) is 8.00. The Balaban J connectivity index is 2.62. The molecule has 2 aromatic rings. The standard InChI is InChI=1S/C19H25N3O2/c1-18(2,3)21(23)16-11-15(14-7-9-20-10-8-14)12-17(13-16)22(24)19(4,5)6/h7-13H,1-6H3. The van der Waals surface area contributed by atoms with Crippen molar-refractivity contribution in [1.82, 2.24) is 4.98 Å². The van der Waals surface area contributed by atoms with Gasteiger partial charge in [0.1, 0.15) is 0 Å². The van der Waals surface area contributed by atoms with E-state index >= 15 is 0 Å². The van der Waals surface area contributed by atoms with Gasteiger partial charge in [-0.05, 0) is 50.1 Å². The molecule has 0 N–H and O–H groups in total. The number of hydrogen-bond donors (Lipinski definition) is 0. The lowest BCUT2D eigenvalue weighted by atomic mass is 10.0. The topological polar surface area (TPSA) is 59.3 Å². The molecular formula is C19H25N3O2. The number of benzene rings is 1. The van der Waals surface area contributed by atoms with Gasteiger partial charge in [0, 0.05) is 66.2 Å². The molecule has 128 valence electrons. The zero-order valence-corrected chi connectivity index (χ0v) is 15.2. The molecule has 0 aliphatic rings. The van der Waals surface area contributed by atoms with Gasteiger partial charge in [-0.1, -0.05) is 0 Å². The molecule has 0 saturated heterocycles. The molecule has 1 aromatic carbocycles. The maximum atomic E-state index is 12.7. The van der Waals surface area contributed by atoms with E-state index in [2.05, 4.69) is 4.98 Å². The van der Waals surface area contributed by atoms with Gasteiger partial charge in [-0.3, -0.25) is 4.98 Å². The van der Waals surface area contributed by atoms with Crippen molar-refractivity contribution in [3.8, 4) is 11.1 Å². The number of nitrogens with zero attached hydrogens (tertiary/aromatic N) is 3.